The lowest BCUT2D eigenvalue weighted by molar-refractivity contribution is 0.0836. The number of fused-ring (bicyclic) bond motifs is 1. The SMILES string of the molecule is O=C(CC[C@H](O)CN1CCc2c(ccc(OCc3cnco3)c2Cl)C1)c1ccc(OC2CCN(Cc3ccccc3)CC2)cc1.S. The molecule has 0 amide bonds. The van der Waals surface area contributed by atoms with Gasteiger partial charge in [0.25, 0.3) is 0 Å². The molecule has 8 nitrogen and oxygen atoms in total. The number of piperidine rings is 1. The van der Waals surface area contributed by atoms with E-state index in [4.69, 9.17) is 25.5 Å². The molecule has 10 heteroatoms. The van der Waals surface area contributed by atoms with Crippen LogP contribution in [0.1, 0.15) is 58.5 Å². The molecule has 3 aromatic carbocycles. The van der Waals surface area contributed by atoms with Gasteiger partial charge in [0.2, 0.25) is 0 Å². The Morgan fingerprint density at radius 3 is 2.54 bits per heavy atom. The molecular weight excluding hydrogens is 622 g/mol. The van der Waals surface area contributed by atoms with Crippen molar-refractivity contribution in [3.63, 3.8) is 0 Å². The number of likely N-dealkylation sites (tertiary alicyclic amines) is 1. The second kappa shape index (κ2) is 16.5. The number of aliphatic hydroxyl groups is 1. The van der Waals surface area contributed by atoms with Gasteiger partial charge in [0.15, 0.2) is 17.9 Å². The maximum atomic E-state index is 12.9. The van der Waals surface area contributed by atoms with Gasteiger partial charge in [-0.25, -0.2) is 4.98 Å². The first-order valence-corrected chi connectivity index (χ1v) is 16.1. The molecule has 46 heavy (non-hydrogen) atoms. The van der Waals surface area contributed by atoms with E-state index in [1.54, 1.807) is 6.20 Å². The lowest BCUT2D eigenvalue weighted by atomic mass is 9.98. The first-order valence-electron chi connectivity index (χ1n) is 15.8. The third-order valence-electron chi connectivity index (χ3n) is 8.67. The number of Topliss-reactive ketones (excluding diaryl/α,β-unsaturated/α-hetero) is 1. The molecule has 6 rings (SSSR count). The van der Waals surface area contributed by atoms with E-state index in [0.717, 1.165) is 62.3 Å². The molecule has 2 aliphatic heterocycles. The van der Waals surface area contributed by atoms with Crippen LogP contribution in [0.2, 0.25) is 5.02 Å². The van der Waals surface area contributed by atoms with Crippen molar-refractivity contribution in [2.45, 2.75) is 64.0 Å². The molecule has 1 atom stereocenters. The van der Waals surface area contributed by atoms with E-state index in [9.17, 15) is 9.90 Å². The summed E-state index contributed by atoms with van der Waals surface area (Å²) in [7, 11) is 0. The standard InChI is InChI=1S/C36H40ClN3O5.H2S/c37-36-33-16-19-40(22-28(33)8-13-35(36)43-24-32-20-38-25-44-32)23-29(41)9-12-34(42)27-6-10-30(11-7-27)45-31-14-17-39(18-15-31)21-26-4-2-1-3-5-26;/h1-8,10-11,13,20,25,29,31,41H,9,12,14-19,21-24H2;1H2/t29-;/m0./s1. The van der Waals surface area contributed by atoms with E-state index in [0.29, 0.717) is 48.0 Å². The highest BCUT2D eigenvalue weighted by Gasteiger charge is 2.24. The zero-order valence-electron chi connectivity index (χ0n) is 25.9. The van der Waals surface area contributed by atoms with Crippen molar-refractivity contribution in [2.24, 2.45) is 0 Å². The van der Waals surface area contributed by atoms with Crippen molar-refractivity contribution in [3.05, 3.63) is 112 Å². The maximum Gasteiger partial charge on any atom is 0.181 e. The average Bonchev–Trinajstić information content (AvgIpc) is 3.59. The van der Waals surface area contributed by atoms with Crippen LogP contribution in [0.3, 0.4) is 0 Å². The molecular formula is C36H42ClN3O5S. The fourth-order valence-corrected chi connectivity index (χ4v) is 6.48. The Morgan fingerprint density at radius 2 is 1.80 bits per heavy atom. The highest BCUT2D eigenvalue weighted by molar-refractivity contribution is 7.59. The minimum absolute atomic E-state index is 0. The van der Waals surface area contributed by atoms with Crippen molar-refractivity contribution in [2.75, 3.05) is 26.2 Å². The molecule has 1 fully saturated rings. The lowest BCUT2D eigenvalue weighted by Crippen LogP contribution is -2.37. The Morgan fingerprint density at radius 1 is 1.02 bits per heavy atom. The van der Waals surface area contributed by atoms with E-state index in [2.05, 4.69) is 45.1 Å². The summed E-state index contributed by atoms with van der Waals surface area (Å²) in [6.07, 6.45) is 6.03. The van der Waals surface area contributed by atoms with E-state index in [1.165, 1.54) is 12.0 Å². The van der Waals surface area contributed by atoms with Crippen LogP contribution >= 0.6 is 25.1 Å². The van der Waals surface area contributed by atoms with Gasteiger partial charge in [-0.3, -0.25) is 14.6 Å². The van der Waals surface area contributed by atoms with Crippen LogP contribution in [0.15, 0.2) is 83.7 Å². The lowest BCUT2D eigenvalue weighted by Gasteiger charge is -2.32. The summed E-state index contributed by atoms with van der Waals surface area (Å²) in [5.74, 6) is 2.09. The molecule has 2 aliphatic rings. The number of oxazole rings is 1. The van der Waals surface area contributed by atoms with Crippen LogP contribution < -0.4 is 9.47 Å². The molecule has 0 saturated carbocycles. The van der Waals surface area contributed by atoms with Crippen LogP contribution in [0.25, 0.3) is 0 Å². The van der Waals surface area contributed by atoms with Gasteiger partial charge in [0, 0.05) is 51.3 Å². The summed E-state index contributed by atoms with van der Waals surface area (Å²) in [4.78, 5) is 21.5. The molecule has 1 saturated heterocycles. The number of nitrogens with zero attached hydrogens (tertiary/aromatic N) is 3. The Labute approximate surface area is 282 Å². The van der Waals surface area contributed by atoms with Gasteiger partial charge in [-0.15, -0.1) is 0 Å². The summed E-state index contributed by atoms with van der Waals surface area (Å²) in [5, 5.41) is 11.4. The zero-order chi connectivity index (χ0) is 31.0. The molecule has 244 valence electrons. The Bertz CT molecular complexity index is 1530. The van der Waals surface area contributed by atoms with E-state index >= 15 is 0 Å². The number of β-amino-alcohol motifs (C(OH)–C–C–N with tert-alkyl or cyclic N) is 1. The van der Waals surface area contributed by atoms with E-state index < -0.39 is 6.10 Å². The highest BCUT2D eigenvalue weighted by atomic mass is 35.5. The first-order chi connectivity index (χ1) is 22.0. The zero-order valence-corrected chi connectivity index (χ0v) is 27.7. The third kappa shape index (κ3) is 9.14. The van der Waals surface area contributed by atoms with E-state index in [-0.39, 0.29) is 32.0 Å². The predicted octanol–water partition coefficient (Wildman–Crippen LogP) is 6.45. The number of aromatic nitrogens is 1. The molecule has 0 unspecified atom stereocenters. The number of aliphatic hydroxyl groups excluding tert-OH is 1. The monoisotopic (exact) mass is 663 g/mol. The predicted molar refractivity (Wildman–Crippen MR) is 183 cm³/mol. The van der Waals surface area contributed by atoms with Gasteiger partial charge < -0.3 is 19.0 Å². The van der Waals surface area contributed by atoms with Crippen LogP contribution in [0.4, 0.5) is 0 Å². The molecule has 0 aliphatic carbocycles. The summed E-state index contributed by atoms with van der Waals surface area (Å²) >= 11 is 6.67. The number of ether oxygens (including phenoxy) is 2. The average molecular weight is 664 g/mol. The van der Waals surface area contributed by atoms with Gasteiger partial charge >= 0.3 is 0 Å². The molecule has 0 bridgehead atoms. The summed E-state index contributed by atoms with van der Waals surface area (Å²) in [6.45, 7) is 5.23. The van der Waals surface area contributed by atoms with Gasteiger partial charge in [0.05, 0.1) is 17.3 Å². The maximum absolute atomic E-state index is 12.9. The molecule has 1 aromatic heterocycles. The first kappa shape index (κ1) is 34.0. The number of ketones is 1. The van der Waals surface area contributed by atoms with Crippen LogP contribution in [0, 0.1) is 0 Å². The quantitative estimate of drug-likeness (QED) is 0.164. The number of benzene rings is 3. The minimum Gasteiger partial charge on any atom is -0.490 e. The fourth-order valence-electron chi connectivity index (χ4n) is 6.15. The van der Waals surface area contributed by atoms with Crippen molar-refractivity contribution in [3.8, 4) is 11.5 Å². The fraction of sp³-hybridized carbons (Fsp3) is 0.389. The third-order valence-corrected chi connectivity index (χ3v) is 9.08. The van der Waals surface area contributed by atoms with Crippen molar-refractivity contribution >= 4 is 30.9 Å². The number of rotatable bonds is 13. The van der Waals surface area contributed by atoms with Crippen LogP contribution in [-0.4, -0.2) is 64.1 Å². The highest BCUT2D eigenvalue weighted by Crippen LogP contribution is 2.34. The normalized spacial score (nSPS) is 16.3. The summed E-state index contributed by atoms with van der Waals surface area (Å²) in [6, 6.07) is 21.9. The topological polar surface area (TPSA) is 88.3 Å². The van der Waals surface area contributed by atoms with Crippen molar-refractivity contribution in [1.29, 1.82) is 0 Å². The molecule has 0 spiro atoms. The Hall–Kier alpha value is -3.34. The van der Waals surface area contributed by atoms with Gasteiger partial charge in [-0.05, 0) is 72.7 Å². The van der Waals surface area contributed by atoms with Gasteiger partial charge in [-0.1, -0.05) is 48.0 Å². The Balaban J connectivity index is 0.00000417. The minimum atomic E-state index is -0.592. The van der Waals surface area contributed by atoms with Crippen molar-refractivity contribution < 1.29 is 23.8 Å². The number of hydrogen-bond acceptors (Lipinski definition) is 8. The number of hydrogen-bond donors (Lipinski definition) is 1. The summed E-state index contributed by atoms with van der Waals surface area (Å²) < 4.78 is 17.3. The van der Waals surface area contributed by atoms with E-state index in [1.807, 2.05) is 36.4 Å². The second-order valence-corrected chi connectivity index (χ2v) is 12.4. The van der Waals surface area contributed by atoms with Gasteiger partial charge in [0.1, 0.15) is 24.2 Å². The second-order valence-electron chi connectivity index (χ2n) is 12.0. The summed E-state index contributed by atoms with van der Waals surface area (Å²) in [5.41, 5.74) is 4.19. The molecule has 0 radical (unpaired) electrons. The number of halogens is 1. The Kier molecular flexibility index (Phi) is 12.2. The number of carbonyl (C=O) groups is 1. The van der Waals surface area contributed by atoms with Crippen LogP contribution in [0.5, 0.6) is 11.5 Å². The van der Waals surface area contributed by atoms with Crippen molar-refractivity contribution in [1.82, 2.24) is 14.8 Å². The van der Waals surface area contributed by atoms with Crippen LogP contribution in [-0.2, 0) is 26.1 Å². The van der Waals surface area contributed by atoms with Gasteiger partial charge in [-0.2, -0.15) is 13.5 Å². The molecule has 1 N–H and O–H groups in total. The molecule has 3 heterocycles. The largest absolute Gasteiger partial charge is 0.490 e. The smallest absolute Gasteiger partial charge is 0.181 e. The number of carbonyl (C=O) groups excluding carboxylic acids is 1. The molecule has 4 aromatic rings.